The van der Waals surface area contributed by atoms with Gasteiger partial charge in [-0.25, -0.2) is 8.42 Å². The van der Waals surface area contributed by atoms with Crippen molar-refractivity contribution in [3.05, 3.63) is 58.3 Å². The van der Waals surface area contributed by atoms with Gasteiger partial charge >= 0.3 is 0 Å². The maximum absolute atomic E-state index is 14.2. The number of amides is 1. The smallest absolute Gasteiger partial charge is 0.244 e. The van der Waals surface area contributed by atoms with E-state index < -0.39 is 34.7 Å². The molecule has 2 saturated heterocycles. The zero-order valence-corrected chi connectivity index (χ0v) is 19.0. The van der Waals surface area contributed by atoms with Gasteiger partial charge in [-0.1, -0.05) is 29.3 Å². The number of piperidine rings is 1. The Bertz CT molecular complexity index is 1050. The minimum Gasteiger partial charge on any atom is -0.335 e. The fourth-order valence-electron chi connectivity index (χ4n) is 4.51. The van der Waals surface area contributed by atoms with E-state index in [0.29, 0.717) is 25.0 Å². The van der Waals surface area contributed by atoms with Crippen LogP contribution in [0.4, 0.5) is 4.39 Å². The van der Waals surface area contributed by atoms with Crippen LogP contribution in [0.2, 0.25) is 10.0 Å². The summed E-state index contributed by atoms with van der Waals surface area (Å²) in [6.45, 7) is -0.391. The molecule has 3 atom stereocenters. The molecule has 0 N–H and O–H groups in total. The van der Waals surface area contributed by atoms with E-state index in [4.69, 9.17) is 23.2 Å². The molecule has 0 radical (unpaired) electrons. The zero-order chi connectivity index (χ0) is 22.2. The summed E-state index contributed by atoms with van der Waals surface area (Å²) >= 11 is 12.1. The van der Waals surface area contributed by atoms with E-state index in [2.05, 4.69) is 4.98 Å². The van der Waals surface area contributed by atoms with Gasteiger partial charge in [0.15, 0.2) is 0 Å². The van der Waals surface area contributed by atoms with Gasteiger partial charge in [-0.2, -0.15) is 4.31 Å². The van der Waals surface area contributed by atoms with E-state index in [1.54, 1.807) is 18.3 Å². The van der Waals surface area contributed by atoms with Crippen molar-refractivity contribution in [2.24, 2.45) is 5.92 Å². The van der Waals surface area contributed by atoms with Crippen LogP contribution in [0, 0.1) is 5.92 Å². The molecule has 31 heavy (non-hydrogen) atoms. The molecule has 2 aromatic rings. The molecular weight excluding hydrogens is 464 g/mol. The molecule has 0 saturated carbocycles. The predicted octanol–water partition coefficient (Wildman–Crippen LogP) is 3.93. The molecule has 10 heteroatoms. The Kier molecular flexibility index (Phi) is 6.53. The van der Waals surface area contributed by atoms with E-state index in [-0.39, 0.29) is 33.9 Å². The predicted molar refractivity (Wildman–Crippen MR) is 116 cm³/mol. The van der Waals surface area contributed by atoms with Gasteiger partial charge in [0.05, 0.1) is 23.8 Å². The normalized spacial score (nSPS) is 24.8. The minimum absolute atomic E-state index is 0.0921. The van der Waals surface area contributed by atoms with E-state index in [1.807, 2.05) is 6.07 Å². The number of sulfonamides is 1. The molecule has 0 spiro atoms. The van der Waals surface area contributed by atoms with Crippen molar-refractivity contribution in [3.63, 3.8) is 0 Å². The maximum atomic E-state index is 14.2. The average Bonchev–Trinajstić information content (AvgIpc) is 2.81. The van der Waals surface area contributed by atoms with Gasteiger partial charge < -0.3 is 4.90 Å². The van der Waals surface area contributed by atoms with E-state index in [1.165, 1.54) is 27.4 Å². The number of alkyl halides is 1. The second-order valence-electron chi connectivity index (χ2n) is 7.91. The molecule has 2 fully saturated rings. The Labute approximate surface area is 191 Å². The lowest BCUT2D eigenvalue weighted by molar-refractivity contribution is -0.135. The molecule has 166 valence electrons. The minimum atomic E-state index is -4.13. The first-order valence-corrected chi connectivity index (χ1v) is 12.2. The third kappa shape index (κ3) is 4.44. The van der Waals surface area contributed by atoms with Crippen LogP contribution < -0.4 is 0 Å². The van der Waals surface area contributed by atoms with Crippen molar-refractivity contribution in [3.8, 4) is 0 Å². The Morgan fingerprint density at radius 2 is 1.87 bits per heavy atom. The van der Waals surface area contributed by atoms with Crippen molar-refractivity contribution < 1.29 is 17.6 Å². The summed E-state index contributed by atoms with van der Waals surface area (Å²) in [5.74, 6) is -0.967. The summed E-state index contributed by atoms with van der Waals surface area (Å²) in [6.07, 6.45) is 3.14. The standard InChI is InChI=1S/C21H22Cl2FN3O3S/c22-15-8-16(23)10-18(9-15)31(29,30)27-19-5-3-6-20(27)21(28)26(12-14(19)11-24)13-17-4-1-2-7-25-17/h1-2,4,7-10,14,19-20H,3,5-6,11-13H2/t14-,19-,20?/m0/s1. The molecule has 1 amide bonds. The lowest BCUT2D eigenvalue weighted by atomic mass is 9.91. The van der Waals surface area contributed by atoms with E-state index >= 15 is 0 Å². The number of hydrogen-bond donors (Lipinski definition) is 0. The first kappa shape index (κ1) is 22.5. The van der Waals surface area contributed by atoms with Crippen LogP contribution in [0.5, 0.6) is 0 Å². The summed E-state index contributed by atoms with van der Waals surface area (Å²) < 4.78 is 42.6. The van der Waals surface area contributed by atoms with Crippen LogP contribution in [0.3, 0.4) is 0 Å². The van der Waals surface area contributed by atoms with Gasteiger partial charge in [0.1, 0.15) is 6.04 Å². The fourth-order valence-corrected chi connectivity index (χ4v) is 7.13. The Hall–Kier alpha value is -1.74. The molecule has 4 rings (SSSR count). The quantitative estimate of drug-likeness (QED) is 0.643. The highest BCUT2D eigenvalue weighted by Crippen LogP contribution is 2.38. The third-order valence-corrected chi connectivity index (χ3v) is 8.24. The fraction of sp³-hybridized carbons (Fsp3) is 0.429. The summed E-state index contributed by atoms with van der Waals surface area (Å²) in [6, 6.07) is 7.91. The van der Waals surface area contributed by atoms with E-state index in [0.717, 1.165) is 0 Å². The Balaban J connectivity index is 1.75. The highest BCUT2D eigenvalue weighted by Gasteiger charge is 2.50. The van der Waals surface area contributed by atoms with Crippen LogP contribution in [0.25, 0.3) is 0 Å². The number of carbonyl (C=O) groups excluding carboxylic acids is 1. The average molecular weight is 486 g/mol. The Morgan fingerprint density at radius 1 is 1.13 bits per heavy atom. The van der Waals surface area contributed by atoms with Crippen molar-refractivity contribution in [2.75, 3.05) is 13.2 Å². The summed E-state index contributed by atoms with van der Waals surface area (Å²) in [5.41, 5.74) is 0.668. The molecular formula is C21H22Cl2FN3O3S. The second-order valence-corrected chi connectivity index (χ2v) is 10.6. The number of rotatable bonds is 5. The molecule has 2 aliphatic heterocycles. The third-order valence-electron chi connectivity index (χ3n) is 5.90. The van der Waals surface area contributed by atoms with Gasteiger partial charge in [-0.3, -0.25) is 14.2 Å². The lowest BCUT2D eigenvalue weighted by Gasteiger charge is -2.40. The van der Waals surface area contributed by atoms with Gasteiger partial charge in [0, 0.05) is 34.7 Å². The number of halogens is 3. The molecule has 1 aromatic heterocycles. The molecule has 2 bridgehead atoms. The summed E-state index contributed by atoms with van der Waals surface area (Å²) in [4.78, 5) is 19.2. The molecule has 6 nitrogen and oxygen atoms in total. The number of pyridine rings is 1. The molecule has 1 unspecified atom stereocenters. The number of aromatic nitrogens is 1. The number of benzene rings is 1. The topological polar surface area (TPSA) is 70.6 Å². The molecule has 1 aromatic carbocycles. The summed E-state index contributed by atoms with van der Waals surface area (Å²) in [7, 11) is -4.13. The largest absolute Gasteiger partial charge is 0.335 e. The van der Waals surface area contributed by atoms with Crippen LogP contribution in [-0.4, -0.2) is 53.8 Å². The molecule has 0 aliphatic carbocycles. The highest BCUT2D eigenvalue weighted by molar-refractivity contribution is 7.89. The first-order valence-electron chi connectivity index (χ1n) is 10.1. The molecule has 3 heterocycles. The summed E-state index contributed by atoms with van der Waals surface area (Å²) in [5, 5.41) is 0.354. The zero-order valence-electron chi connectivity index (χ0n) is 16.6. The van der Waals surface area contributed by atoms with Crippen LogP contribution in [0.15, 0.2) is 47.5 Å². The monoisotopic (exact) mass is 485 g/mol. The Morgan fingerprint density at radius 3 is 2.52 bits per heavy atom. The second kappa shape index (κ2) is 9.02. The highest BCUT2D eigenvalue weighted by atomic mass is 35.5. The number of nitrogens with zero attached hydrogens (tertiary/aromatic N) is 3. The number of fused-ring (bicyclic) bond motifs is 2. The van der Waals surface area contributed by atoms with Crippen molar-refractivity contribution in [1.29, 1.82) is 0 Å². The first-order chi connectivity index (χ1) is 14.8. The van der Waals surface area contributed by atoms with Gasteiger partial charge in [0.25, 0.3) is 0 Å². The van der Waals surface area contributed by atoms with Gasteiger partial charge in [-0.15, -0.1) is 0 Å². The van der Waals surface area contributed by atoms with Crippen LogP contribution in [-0.2, 0) is 21.4 Å². The number of carbonyl (C=O) groups is 1. The lowest BCUT2D eigenvalue weighted by Crippen LogP contribution is -2.54. The van der Waals surface area contributed by atoms with Crippen LogP contribution in [0.1, 0.15) is 25.0 Å². The SMILES string of the molecule is O=C1C2CCC[C@@H]([C@@H](CF)CN1Cc1ccccn1)N2S(=O)(=O)c1cc(Cl)cc(Cl)c1. The van der Waals surface area contributed by atoms with Crippen molar-refractivity contribution in [2.45, 2.75) is 42.8 Å². The van der Waals surface area contributed by atoms with Crippen molar-refractivity contribution >= 4 is 39.1 Å². The van der Waals surface area contributed by atoms with Gasteiger partial charge in [-0.05, 0) is 49.6 Å². The maximum Gasteiger partial charge on any atom is 0.244 e. The molecule has 2 aliphatic rings. The number of hydrogen-bond acceptors (Lipinski definition) is 4. The van der Waals surface area contributed by atoms with Crippen molar-refractivity contribution in [1.82, 2.24) is 14.2 Å². The van der Waals surface area contributed by atoms with Gasteiger partial charge in [0.2, 0.25) is 15.9 Å². The van der Waals surface area contributed by atoms with E-state index in [9.17, 15) is 17.6 Å². The van der Waals surface area contributed by atoms with Crippen LogP contribution >= 0.6 is 23.2 Å².